The second-order valence-corrected chi connectivity index (χ2v) is 6.12. The van der Waals surface area contributed by atoms with Gasteiger partial charge in [-0.1, -0.05) is 0 Å². The van der Waals surface area contributed by atoms with Gasteiger partial charge in [0.25, 0.3) is 5.91 Å². The third kappa shape index (κ3) is 3.97. The lowest BCUT2D eigenvalue weighted by Crippen LogP contribution is -2.16. The first-order chi connectivity index (χ1) is 12.4. The van der Waals surface area contributed by atoms with Crippen molar-refractivity contribution >= 4 is 23.1 Å². The number of carbonyl (C=O) groups excluding carboxylic acids is 1. The minimum Gasteiger partial charge on any atom is -0.374 e. The molecule has 0 saturated carbocycles. The van der Waals surface area contributed by atoms with Gasteiger partial charge in [0.05, 0.1) is 23.6 Å². The van der Waals surface area contributed by atoms with E-state index in [-0.39, 0.29) is 11.7 Å². The lowest BCUT2D eigenvalue weighted by atomic mass is 10.2. The van der Waals surface area contributed by atoms with Crippen molar-refractivity contribution in [3.05, 3.63) is 59.6 Å². The molecule has 0 radical (unpaired) electrons. The molecule has 0 fully saturated rings. The highest BCUT2D eigenvalue weighted by Gasteiger charge is 2.14. The lowest BCUT2D eigenvalue weighted by molar-refractivity contribution is 0.0996. The minimum absolute atomic E-state index is 0.0570. The summed E-state index contributed by atoms with van der Waals surface area (Å²) in [7, 11) is 0. The molecule has 0 aliphatic rings. The highest BCUT2D eigenvalue weighted by atomic mass is 16.1. The van der Waals surface area contributed by atoms with Crippen molar-refractivity contribution in [1.82, 2.24) is 19.9 Å². The Morgan fingerprint density at radius 2 is 2.04 bits per heavy atom. The molecule has 3 rings (SSSR count). The van der Waals surface area contributed by atoms with Crippen LogP contribution in [0.2, 0.25) is 0 Å². The predicted molar refractivity (Wildman–Crippen MR) is 100 cm³/mol. The van der Waals surface area contributed by atoms with E-state index in [1.165, 1.54) is 0 Å². The van der Waals surface area contributed by atoms with Gasteiger partial charge in [-0.3, -0.25) is 4.79 Å². The molecule has 3 aromatic rings. The molecule has 1 amide bonds. The van der Waals surface area contributed by atoms with Crippen LogP contribution >= 0.6 is 0 Å². The molecule has 3 aromatic heterocycles. The smallest absolute Gasteiger partial charge is 0.269 e. The molecule has 0 aliphatic carbocycles. The molecular formula is C18H21N7O. The lowest BCUT2D eigenvalue weighted by Gasteiger charge is -2.16. The number of nitrogens with two attached hydrogens (primary N) is 1. The second-order valence-electron chi connectivity index (χ2n) is 6.12. The van der Waals surface area contributed by atoms with E-state index in [9.17, 15) is 4.79 Å². The molecule has 5 N–H and O–H groups in total. The van der Waals surface area contributed by atoms with E-state index in [1.807, 2.05) is 32.9 Å². The van der Waals surface area contributed by atoms with Crippen LogP contribution in [0.3, 0.4) is 0 Å². The summed E-state index contributed by atoms with van der Waals surface area (Å²) in [6.45, 7) is 5.87. The maximum absolute atomic E-state index is 11.7. The number of nitrogens with zero attached hydrogens (tertiary/aromatic N) is 3. The summed E-state index contributed by atoms with van der Waals surface area (Å²) < 4.78 is 0. The maximum atomic E-state index is 11.7. The normalized spacial score (nSPS) is 11.8. The Bertz CT molecular complexity index is 901. The molecule has 134 valence electrons. The number of imidazole rings is 1. The van der Waals surface area contributed by atoms with Gasteiger partial charge in [0.1, 0.15) is 11.6 Å². The Morgan fingerprint density at radius 1 is 1.23 bits per heavy atom. The van der Waals surface area contributed by atoms with E-state index >= 15 is 0 Å². The molecule has 3 heterocycles. The number of hydrogen-bond donors (Lipinski definition) is 4. The van der Waals surface area contributed by atoms with Gasteiger partial charge in [-0.25, -0.2) is 15.0 Å². The summed E-state index contributed by atoms with van der Waals surface area (Å²) >= 11 is 0. The van der Waals surface area contributed by atoms with Crippen molar-refractivity contribution in [3.8, 4) is 0 Å². The third-order valence-electron chi connectivity index (χ3n) is 3.79. The first-order valence-electron chi connectivity index (χ1n) is 8.20. The summed E-state index contributed by atoms with van der Waals surface area (Å²) in [4.78, 5) is 27.6. The van der Waals surface area contributed by atoms with Gasteiger partial charge in [0.2, 0.25) is 0 Å². The molecule has 0 saturated heterocycles. The number of aromatic nitrogens is 4. The Morgan fingerprint density at radius 3 is 2.69 bits per heavy atom. The summed E-state index contributed by atoms with van der Waals surface area (Å²) in [6, 6.07) is 5.59. The number of aryl methyl sites for hydroxylation is 2. The maximum Gasteiger partial charge on any atom is 0.269 e. The zero-order valence-electron chi connectivity index (χ0n) is 14.9. The van der Waals surface area contributed by atoms with Gasteiger partial charge in [0.15, 0.2) is 5.69 Å². The number of carbonyl (C=O) groups is 1. The standard InChI is InChI=1S/C18H21N7O/c1-10-6-11(2)23-15(7-10)25-14-8-13(9-22-16(14)17(19)26)24-12(3)18-20-4-5-21-18/h4-9,12,24H,1-3H3,(H2,19,26)(H,20,21)(H,23,25). The van der Waals surface area contributed by atoms with Crippen molar-refractivity contribution in [2.24, 2.45) is 5.73 Å². The van der Waals surface area contributed by atoms with Crippen molar-refractivity contribution in [2.45, 2.75) is 26.8 Å². The zero-order chi connectivity index (χ0) is 18.7. The van der Waals surface area contributed by atoms with Crippen LogP contribution in [0, 0.1) is 13.8 Å². The van der Waals surface area contributed by atoms with Crippen LogP contribution < -0.4 is 16.4 Å². The molecule has 1 atom stereocenters. The number of pyridine rings is 2. The molecular weight excluding hydrogens is 330 g/mol. The topological polar surface area (TPSA) is 122 Å². The van der Waals surface area contributed by atoms with Gasteiger partial charge < -0.3 is 21.4 Å². The monoisotopic (exact) mass is 351 g/mol. The van der Waals surface area contributed by atoms with Crippen molar-refractivity contribution in [2.75, 3.05) is 10.6 Å². The molecule has 0 spiro atoms. The Labute approximate surface area is 151 Å². The van der Waals surface area contributed by atoms with E-state index in [0.29, 0.717) is 11.5 Å². The Kier molecular flexibility index (Phi) is 4.83. The average Bonchev–Trinajstić information content (AvgIpc) is 3.08. The van der Waals surface area contributed by atoms with Crippen LogP contribution in [-0.2, 0) is 0 Å². The first kappa shape index (κ1) is 17.4. The number of rotatable bonds is 6. The minimum atomic E-state index is -0.609. The highest BCUT2D eigenvalue weighted by Crippen LogP contribution is 2.24. The van der Waals surface area contributed by atoms with Gasteiger partial charge in [-0.15, -0.1) is 0 Å². The number of primary amides is 1. The van der Waals surface area contributed by atoms with Crippen molar-refractivity contribution in [1.29, 1.82) is 0 Å². The Balaban J connectivity index is 1.90. The number of hydrogen-bond acceptors (Lipinski definition) is 6. The summed E-state index contributed by atoms with van der Waals surface area (Å²) in [5, 5.41) is 6.44. The molecule has 26 heavy (non-hydrogen) atoms. The van der Waals surface area contributed by atoms with E-state index < -0.39 is 5.91 Å². The fraction of sp³-hybridized carbons (Fsp3) is 0.222. The molecule has 0 bridgehead atoms. The third-order valence-corrected chi connectivity index (χ3v) is 3.79. The summed E-state index contributed by atoms with van der Waals surface area (Å²) in [5.74, 6) is 0.819. The molecule has 8 heteroatoms. The van der Waals surface area contributed by atoms with Crippen molar-refractivity contribution in [3.63, 3.8) is 0 Å². The fourth-order valence-corrected chi connectivity index (χ4v) is 2.71. The second kappa shape index (κ2) is 7.22. The van der Waals surface area contributed by atoms with E-state index in [4.69, 9.17) is 5.73 Å². The van der Waals surface area contributed by atoms with E-state index in [1.54, 1.807) is 24.7 Å². The Hall–Kier alpha value is -3.42. The van der Waals surface area contributed by atoms with E-state index in [0.717, 1.165) is 22.8 Å². The number of H-pyrrole nitrogens is 1. The van der Waals surface area contributed by atoms with Crippen LogP contribution in [0.15, 0.2) is 36.8 Å². The van der Waals surface area contributed by atoms with Crippen LogP contribution in [0.4, 0.5) is 17.2 Å². The zero-order valence-corrected chi connectivity index (χ0v) is 14.9. The molecule has 1 unspecified atom stereocenters. The molecule has 0 aromatic carbocycles. The number of amides is 1. The number of aromatic amines is 1. The summed E-state index contributed by atoms with van der Waals surface area (Å²) in [5.41, 5.74) is 8.77. The number of anilines is 3. The quantitative estimate of drug-likeness (QED) is 0.542. The number of nitrogens with one attached hydrogen (secondary N) is 3. The van der Waals surface area contributed by atoms with Gasteiger partial charge in [-0.05, 0) is 44.5 Å². The van der Waals surface area contributed by atoms with Crippen LogP contribution in [0.1, 0.15) is 40.5 Å². The van der Waals surface area contributed by atoms with Gasteiger partial charge >= 0.3 is 0 Å². The molecule has 0 aliphatic heterocycles. The van der Waals surface area contributed by atoms with Gasteiger partial charge in [-0.2, -0.15) is 0 Å². The van der Waals surface area contributed by atoms with Crippen LogP contribution in [0.25, 0.3) is 0 Å². The first-order valence-corrected chi connectivity index (χ1v) is 8.20. The van der Waals surface area contributed by atoms with Crippen molar-refractivity contribution < 1.29 is 4.79 Å². The fourth-order valence-electron chi connectivity index (χ4n) is 2.71. The average molecular weight is 351 g/mol. The SMILES string of the molecule is Cc1cc(C)nc(Nc2cc(NC(C)c3ncc[nH]3)cnc2C(N)=O)c1. The highest BCUT2D eigenvalue weighted by molar-refractivity contribution is 5.97. The predicted octanol–water partition coefficient (Wildman–Crippen LogP) is 2.83. The largest absolute Gasteiger partial charge is 0.374 e. The van der Waals surface area contributed by atoms with Crippen LogP contribution in [0.5, 0.6) is 0 Å². The van der Waals surface area contributed by atoms with Crippen LogP contribution in [-0.4, -0.2) is 25.8 Å². The van der Waals surface area contributed by atoms with Gasteiger partial charge in [0, 0.05) is 18.1 Å². The summed E-state index contributed by atoms with van der Waals surface area (Å²) in [6.07, 6.45) is 5.03. The molecule has 8 nitrogen and oxygen atoms in total. The van der Waals surface area contributed by atoms with E-state index in [2.05, 4.69) is 30.6 Å².